The quantitative estimate of drug-likeness (QED) is 0.773. The fourth-order valence-corrected chi connectivity index (χ4v) is 2.55. The van der Waals surface area contributed by atoms with E-state index in [2.05, 4.69) is 53.3 Å². The Labute approximate surface area is 113 Å². The van der Waals surface area contributed by atoms with Crippen molar-refractivity contribution < 1.29 is 4.74 Å². The Morgan fingerprint density at radius 3 is 2.76 bits per heavy atom. The van der Waals surface area contributed by atoms with Crippen LogP contribution in [0.25, 0.3) is 0 Å². The number of halogens is 1. The molecule has 1 aromatic rings. The van der Waals surface area contributed by atoms with Gasteiger partial charge in [0.2, 0.25) is 0 Å². The Morgan fingerprint density at radius 1 is 1.41 bits per heavy atom. The van der Waals surface area contributed by atoms with Crippen molar-refractivity contribution in [2.24, 2.45) is 0 Å². The maximum Gasteiger partial charge on any atom is 0.0462 e. The third-order valence-corrected chi connectivity index (χ3v) is 3.39. The van der Waals surface area contributed by atoms with E-state index in [1.54, 1.807) is 7.11 Å². The molecule has 0 spiro atoms. The van der Waals surface area contributed by atoms with E-state index in [1.807, 2.05) is 0 Å². The predicted molar refractivity (Wildman–Crippen MR) is 76.4 cm³/mol. The average Bonchev–Trinajstić information content (AvgIpc) is 2.28. The molecule has 1 rings (SSSR count). The van der Waals surface area contributed by atoms with E-state index in [0.717, 1.165) is 30.5 Å². The molecule has 3 heteroatoms. The van der Waals surface area contributed by atoms with Crippen LogP contribution >= 0.6 is 15.9 Å². The van der Waals surface area contributed by atoms with Gasteiger partial charge in [-0.05, 0) is 49.6 Å². The summed E-state index contributed by atoms with van der Waals surface area (Å²) in [5, 5.41) is 3.55. The molecule has 0 aliphatic rings. The summed E-state index contributed by atoms with van der Waals surface area (Å²) < 4.78 is 6.26. The van der Waals surface area contributed by atoms with Crippen molar-refractivity contribution in [2.45, 2.75) is 32.7 Å². The number of methoxy groups -OCH3 is 1. The van der Waals surface area contributed by atoms with Gasteiger partial charge in [0, 0.05) is 24.2 Å². The van der Waals surface area contributed by atoms with Gasteiger partial charge in [-0.3, -0.25) is 0 Å². The Hall–Kier alpha value is -0.380. The van der Waals surface area contributed by atoms with Crippen LogP contribution in [0.5, 0.6) is 0 Å². The molecule has 0 aromatic heterocycles. The fraction of sp³-hybridized carbons (Fsp3) is 0.571. The largest absolute Gasteiger partial charge is 0.385 e. The van der Waals surface area contributed by atoms with Crippen molar-refractivity contribution in [1.29, 1.82) is 0 Å². The summed E-state index contributed by atoms with van der Waals surface area (Å²) in [6.45, 7) is 6.14. The third kappa shape index (κ3) is 4.78. The fourth-order valence-electron chi connectivity index (χ4n) is 2.08. The van der Waals surface area contributed by atoms with Crippen LogP contribution in [0.2, 0.25) is 0 Å². The van der Waals surface area contributed by atoms with E-state index in [-0.39, 0.29) is 0 Å². The summed E-state index contributed by atoms with van der Waals surface area (Å²) in [7, 11) is 1.76. The summed E-state index contributed by atoms with van der Waals surface area (Å²) in [6.07, 6.45) is 2.20. The first-order valence-corrected chi connectivity index (χ1v) is 6.96. The topological polar surface area (TPSA) is 21.3 Å². The van der Waals surface area contributed by atoms with Crippen LogP contribution in [-0.2, 0) is 4.74 Å². The average molecular weight is 300 g/mol. The maximum absolute atomic E-state index is 5.12. The molecule has 1 N–H and O–H groups in total. The summed E-state index contributed by atoms with van der Waals surface area (Å²) >= 11 is 3.51. The second kappa shape index (κ2) is 7.85. The lowest BCUT2D eigenvalue weighted by molar-refractivity contribution is 0.189. The Bertz CT molecular complexity index is 341. The highest BCUT2D eigenvalue weighted by Gasteiger charge is 2.12. The van der Waals surface area contributed by atoms with E-state index in [1.165, 1.54) is 11.1 Å². The molecule has 0 aliphatic carbocycles. The zero-order valence-electron chi connectivity index (χ0n) is 10.9. The number of hydrogen-bond acceptors (Lipinski definition) is 2. The SMILES string of the molecule is CCNC(CCCOC)c1ccc(Br)cc1C. The van der Waals surface area contributed by atoms with E-state index in [0.29, 0.717) is 6.04 Å². The number of aryl methyl sites for hydroxylation is 1. The normalized spacial score (nSPS) is 12.7. The van der Waals surface area contributed by atoms with E-state index >= 15 is 0 Å². The molecule has 0 bridgehead atoms. The first-order valence-electron chi connectivity index (χ1n) is 6.17. The second-order valence-corrected chi connectivity index (χ2v) is 5.16. The van der Waals surface area contributed by atoms with Crippen LogP contribution in [0.3, 0.4) is 0 Å². The summed E-state index contributed by atoms with van der Waals surface area (Å²) in [5.74, 6) is 0. The number of benzene rings is 1. The Morgan fingerprint density at radius 2 is 2.18 bits per heavy atom. The summed E-state index contributed by atoms with van der Waals surface area (Å²) in [6, 6.07) is 6.93. The van der Waals surface area contributed by atoms with Crippen LogP contribution in [0.15, 0.2) is 22.7 Å². The predicted octanol–water partition coefficient (Wildman–Crippen LogP) is 3.83. The number of nitrogens with one attached hydrogen (secondary N) is 1. The molecule has 0 fully saturated rings. The van der Waals surface area contributed by atoms with Crippen molar-refractivity contribution in [3.8, 4) is 0 Å². The molecular formula is C14H22BrNO. The van der Waals surface area contributed by atoms with Gasteiger partial charge in [0.05, 0.1) is 0 Å². The smallest absolute Gasteiger partial charge is 0.0462 e. The van der Waals surface area contributed by atoms with Gasteiger partial charge in [0.1, 0.15) is 0 Å². The van der Waals surface area contributed by atoms with Gasteiger partial charge in [0.15, 0.2) is 0 Å². The van der Waals surface area contributed by atoms with Crippen LogP contribution in [-0.4, -0.2) is 20.3 Å². The van der Waals surface area contributed by atoms with Crippen molar-refractivity contribution in [1.82, 2.24) is 5.32 Å². The first-order chi connectivity index (χ1) is 8.19. The molecular weight excluding hydrogens is 278 g/mol. The monoisotopic (exact) mass is 299 g/mol. The summed E-state index contributed by atoms with van der Waals surface area (Å²) in [5.41, 5.74) is 2.73. The third-order valence-electron chi connectivity index (χ3n) is 2.90. The summed E-state index contributed by atoms with van der Waals surface area (Å²) in [4.78, 5) is 0. The second-order valence-electron chi connectivity index (χ2n) is 4.25. The number of rotatable bonds is 7. The highest BCUT2D eigenvalue weighted by molar-refractivity contribution is 9.10. The molecule has 0 saturated carbocycles. The minimum atomic E-state index is 0.434. The lowest BCUT2D eigenvalue weighted by Crippen LogP contribution is -2.22. The van der Waals surface area contributed by atoms with E-state index in [4.69, 9.17) is 4.74 Å². The molecule has 0 radical (unpaired) electrons. The number of ether oxygens (including phenoxy) is 1. The van der Waals surface area contributed by atoms with Crippen molar-refractivity contribution in [3.63, 3.8) is 0 Å². The van der Waals surface area contributed by atoms with Gasteiger partial charge in [0.25, 0.3) is 0 Å². The van der Waals surface area contributed by atoms with Crippen molar-refractivity contribution in [2.75, 3.05) is 20.3 Å². The minimum Gasteiger partial charge on any atom is -0.385 e. The van der Waals surface area contributed by atoms with Crippen LogP contribution in [0.1, 0.15) is 36.9 Å². The highest BCUT2D eigenvalue weighted by Crippen LogP contribution is 2.24. The molecule has 0 heterocycles. The van der Waals surface area contributed by atoms with Crippen LogP contribution in [0, 0.1) is 6.92 Å². The molecule has 1 atom stereocenters. The highest BCUT2D eigenvalue weighted by atomic mass is 79.9. The number of hydrogen-bond donors (Lipinski definition) is 1. The molecule has 0 amide bonds. The van der Waals surface area contributed by atoms with E-state index < -0.39 is 0 Å². The molecule has 1 unspecified atom stereocenters. The van der Waals surface area contributed by atoms with E-state index in [9.17, 15) is 0 Å². The zero-order valence-corrected chi connectivity index (χ0v) is 12.5. The maximum atomic E-state index is 5.12. The lowest BCUT2D eigenvalue weighted by Gasteiger charge is -2.20. The molecule has 96 valence electrons. The van der Waals surface area contributed by atoms with Crippen LogP contribution < -0.4 is 5.32 Å². The first kappa shape index (κ1) is 14.7. The van der Waals surface area contributed by atoms with Gasteiger partial charge in [-0.1, -0.05) is 28.9 Å². The lowest BCUT2D eigenvalue weighted by atomic mass is 9.97. The van der Waals surface area contributed by atoms with Crippen molar-refractivity contribution >= 4 is 15.9 Å². The molecule has 0 saturated heterocycles. The molecule has 0 aliphatic heterocycles. The molecule has 1 aromatic carbocycles. The standard InChI is InChI=1S/C14H22BrNO/c1-4-16-14(6-5-9-17-3)13-8-7-12(15)10-11(13)2/h7-8,10,14,16H,4-6,9H2,1-3H3. The zero-order chi connectivity index (χ0) is 12.7. The minimum absolute atomic E-state index is 0.434. The van der Waals surface area contributed by atoms with Gasteiger partial charge in [-0.25, -0.2) is 0 Å². The van der Waals surface area contributed by atoms with Gasteiger partial charge >= 0.3 is 0 Å². The molecule has 17 heavy (non-hydrogen) atoms. The molecule has 2 nitrogen and oxygen atoms in total. The van der Waals surface area contributed by atoms with Gasteiger partial charge in [-0.15, -0.1) is 0 Å². The Balaban J connectivity index is 2.74. The van der Waals surface area contributed by atoms with Gasteiger partial charge < -0.3 is 10.1 Å². The van der Waals surface area contributed by atoms with Crippen molar-refractivity contribution in [3.05, 3.63) is 33.8 Å². The van der Waals surface area contributed by atoms with Crippen LogP contribution in [0.4, 0.5) is 0 Å². The van der Waals surface area contributed by atoms with Gasteiger partial charge in [-0.2, -0.15) is 0 Å². The Kier molecular flexibility index (Phi) is 6.78.